The lowest BCUT2D eigenvalue weighted by molar-refractivity contribution is -0.117. The molecule has 0 heterocycles. The smallest absolute Gasteiger partial charge is 0.222 e. The maximum absolute atomic E-state index is 10.4. The molecule has 0 atom stereocenters. The molecule has 0 fully saturated rings. The van der Waals surface area contributed by atoms with E-state index in [1.807, 2.05) is 6.07 Å². The van der Waals surface area contributed by atoms with Crippen molar-refractivity contribution in [2.75, 3.05) is 6.54 Å². The zero-order valence-corrected chi connectivity index (χ0v) is 6.99. The normalized spacial score (nSPS) is 8.00. The van der Waals surface area contributed by atoms with E-state index in [9.17, 15) is 4.79 Å². The first-order valence-corrected chi connectivity index (χ1v) is 3.50. The van der Waals surface area contributed by atoms with E-state index < -0.39 is 0 Å². The van der Waals surface area contributed by atoms with Gasteiger partial charge < -0.3 is 10.6 Å². The van der Waals surface area contributed by atoms with Crippen LogP contribution in [0.2, 0.25) is 0 Å². The number of carbonyl (C=O) groups is 1. The Bertz CT molecular complexity index is 196. The highest BCUT2D eigenvalue weighted by Crippen LogP contribution is 1.72. The Kier molecular flexibility index (Phi) is 5.03. The Morgan fingerprint density at radius 1 is 1.73 bits per heavy atom. The standard InChI is InChI=1S/C6H9N3OS/c1-5(10)9-6(11)8-4-2-3-7/h2,4H2,1H3,(H2,8,9,10,11). The largest absolute Gasteiger partial charge is 0.361 e. The zero-order valence-electron chi connectivity index (χ0n) is 6.18. The number of carbonyl (C=O) groups excluding carboxylic acids is 1. The number of nitriles is 1. The minimum Gasteiger partial charge on any atom is -0.361 e. The Morgan fingerprint density at radius 2 is 2.36 bits per heavy atom. The maximum Gasteiger partial charge on any atom is 0.222 e. The highest BCUT2D eigenvalue weighted by Gasteiger charge is 1.95. The quantitative estimate of drug-likeness (QED) is 0.450. The monoisotopic (exact) mass is 171 g/mol. The molecular weight excluding hydrogens is 162 g/mol. The van der Waals surface area contributed by atoms with Crippen molar-refractivity contribution in [1.82, 2.24) is 10.6 Å². The third kappa shape index (κ3) is 6.74. The van der Waals surface area contributed by atoms with E-state index in [-0.39, 0.29) is 11.0 Å². The molecule has 0 saturated heterocycles. The van der Waals surface area contributed by atoms with Gasteiger partial charge in [-0.1, -0.05) is 0 Å². The molecule has 0 aromatic rings. The molecule has 5 heteroatoms. The van der Waals surface area contributed by atoms with Crippen molar-refractivity contribution in [2.24, 2.45) is 0 Å². The van der Waals surface area contributed by atoms with E-state index in [1.54, 1.807) is 0 Å². The summed E-state index contributed by atoms with van der Waals surface area (Å²) in [4.78, 5) is 10.4. The van der Waals surface area contributed by atoms with Gasteiger partial charge >= 0.3 is 0 Å². The van der Waals surface area contributed by atoms with Crippen molar-refractivity contribution in [3.8, 4) is 6.07 Å². The van der Waals surface area contributed by atoms with Crippen LogP contribution in [0.15, 0.2) is 0 Å². The van der Waals surface area contributed by atoms with Gasteiger partial charge in [-0.05, 0) is 12.2 Å². The molecule has 0 unspecified atom stereocenters. The van der Waals surface area contributed by atoms with Crippen molar-refractivity contribution >= 4 is 23.2 Å². The summed E-state index contributed by atoms with van der Waals surface area (Å²) in [5.41, 5.74) is 0. The van der Waals surface area contributed by atoms with Crippen LogP contribution in [0.4, 0.5) is 0 Å². The summed E-state index contributed by atoms with van der Waals surface area (Å²) in [6.45, 7) is 1.84. The highest BCUT2D eigenvalue weighted by molar-refractivity contribution is 7.80. The fraction of sp³-hybridized carbons (Fsp3) is 0.500. The van der Waals surface area contributed by atoms with Crippen molar-refractivity contribution in [2.45, 2.75) is 13.3 Å². The number of hydrogen-bond donors (Lipinski definition) is 2. The van der Waals surface area contributed by atoms with Gasteiger partial charge in [-0.25, -0.2) is 0 Å². The number of hydrogen-bond acceptors (Lipinski definition) is 3. The molecule has 0 aromatic heterocycles. The van der Waals surface area contributed by atoms with Gasteiger partial charge in [0.15, 0.2) is 5.11 Å². The van der Waals surface area contributed by atoms with Crippen LogP contribution in [0.5, 0.6) is 0 Å². The van der Waals surface area contributed by atoms with E-state index in [0.717, 1.165) is 0 Å². The highest BCUT2D eigenvalue weighted by atomic mass is 32.1. The van der Waals surface area contributed by atoms with Gasteiger partial charge in [0.05, 0.1) is 12.5 Å². The van der Waals surface area contributed by atoms with Crippen LogP contribution < -0.4 is 10.6 Å². The summed E-state index contributed by atoms with van der Waals surface area (Å²) in [5.74, 6) is -0.209. The molecule has 4 nitrogen and oxygen atoms in total. The molecule has 1 amide bonds. The summed E-state index contributed by atoms with van der Waals surface area (Å²) >= 11 is 4.69. The third-order valence-corrected chi connectivity index (χ3v) is 1.06. The lowest BCUT2D eigenvalue weighted by atomic mass is 10.5. The predicted molar refractivity (Wildman–Crippen MR) is 44.6 cm³/mol. The van der Waals surface area contributed by atoms with Gasteiger partial charge in [-0.15, -0.1) is 0 Å². The minimum atomic E-state index is -0.209. The van der Waals surface area contributed by atoms with E-state index in [4.69, 9.17) is 17.5 Å². The molecule has 11 heavy (non-hydrogen) atoms. The number of nitrogens with one attached hydrogen (secondary N) is 2. The summed E-state index contributed by atoms with van der Waals surface area (Å²) < 4.78 is 0. The average molecular weight is 171 g/mol. The number of thiocarbonyl (C=S) groups is 1. The van der Waals surface area contributed by atoms with Gasteiger partial charge in [-0.3, -0.25) is 4.79 Å². The number of rotatable bonds is 2. The second-order valence-electron chi connectivity index (χ2n) is 1.85. The third-order valence-electron chi connectivity index (χ3n) is 0.812. The van der Waals surface area contributed by atoms with Gasteiger partial charge in [0.2, 0.25) is 5.91 Å². The van der Waals surface area contributed by atoms with Crippen LogP contribution >= 0.6 is 12.2 Å². The molecular formula is C6H9N3OS. The first-order chi connectivity index (χ1) is 5.16. The average Bonchev–Trinajstić information content (AvgIpc) is 1.86. The van der Waals surface area contributed by atoms with Crippen LogP contribution in [0.25, 0.3) is 0 Å². The van der Waals surface area contributed by atoms with Crippen molar-refractivity contribution < 1.29 is 4.79 Å². The molecule has 0 saturated carbocycles. The zero-order chi connectivity index (χ0) is 8.69. The summed E-state index contributed by atoms with van der Waals surface area (Å²) in [7, 11) is 0. The Labute approximate surface area is 70.6 Å². The van der Waals surface area contributed by atoms with E-state index in [1.165, 1.54) is 6.92 Å². The van der Waals surface area contributed by atoms with Crippen LogP contribution in [0.3, 0.4) is 0 Å². The molecule has 0 rings (SSSR count). The molecule has 0 aliphatic rings. The second kappa shape index (κ2) is 5.62. The van der Waals surface area contributed by atoms with Gasteiger partial charge in [0, 0.05) is 13.5 Å². The molecule has 2 N–H and O–H groups in total. The predicted octanol–water partition coefficient (Wildman–Crippen LogP) is -0.0893. The van der Waals surface area contributed by atoms with Crippen LogP contribution in [0, 0.1) is 11.3 Å². The number of amides is 1. The molecule has 0 aliphatic carbocycles. The van der Waals surface area contributed by atoms with Crippen molar-refractivity contribution in [1.29, 1.82) is 5.26 Å². The minimum absolute atomic E-state index is 0.209. The maximum atomic E-state index is 10.4. The van der Waals surface area contributed by atoms with Crippen molar-refractivity contribution in [3.05, 3.63) is 0 Å². The SMILES string of the molecule is CC(=O)NC(=S)NCCC#N. The number of nitrogens with zero attached hydrogens (tertiary/aromatic N) is 1. The van der Waals surface area contributed by atoms with E-state index in [0.29, 0.717) is 13.0 Å². The molecule has 0 spiro atoms. The van der Waals surface area contributed by atoms with Crippen molar-refractivity contribution in [3.63, 3.8) is 0 Å². The van der Waals surface area contributed by atoms with E-state index >= 15 is 0 Å². The summed E-state index contributed by atoms with van der Waals surface area (Å²) in [6, 6.07) is 1.94. The fourth-order valence-electron chi connectivity index (χ4n) is 0.436. The Hall–Kier alpha value is -1.15. The van der Waals surface area contributed by atoms with E-state index in [2.05, 4.69) is 10.6 Å². The van der Waals surface area contributed by atoms with Crippen LogP contribution in [-0.4, -0.2) is 17.6 Å². The van der Waals surface area contributed by atoms with Crippen LogP contribution in [0.1, 0.15) is 13.3 Å². The topological polar surface area (TPSA) is 64.9 Å². The fourth-order valence-corrected chi connectivity index (χ4v) is 0.682. The lowest BCUT2D eigenvalue weighted by Crippen LogP contribution is -2.38. The molecule has 60 valence electrons. The Morgan fingerprint density at radius 3 is 2.82 bits per heavy atom. The van der Waals surface area contributed by atoms with Gasteiger partial charge in [0.25, 0.3) is 0 Å². The molecule has 0 bridgehead atoms. The van der Waals surface area contributed by atoms with Crippen LogP contribution in [-0.2, 0) is 4.79 Å². The summed E-state index contributed by atoms with van der Waals surface area (Å²) in [5, 5.41) is 13.5. The first kappa shape index (κ1) is 9.85. The molecule has 0 aromatic carbocycles. The molecule has 0 radical (unpaired) electrons. The second-order valence-corrected chi connectivity index (χ2v) is 2.25. The molecule has 0 aliphatic heterocycles. The van der Waals surface area contributed by atoms with Gasteiger partial charge in [0.1, 0.15) is 0 Å². The first-order valence-electron chi connectivity index (χ1n) is 3.09. The van der Waals surface area contributed by atoms with Gasteiger partial charge in [-0.2, -0.15) is 5.26 Å². The lowest BCUT2D eigenvalue weighted by Gasteiger charge is -2.04. The Balaban J connectivity index is 3.39. The summed E-state index contributed by atoms with van der Waals surface area (Å²) in [6.07, 6.45) is 0.375.